The van der Waals surface area contributed by atoms with Gasteiger partial charge in [-0.3, -0.25) is 9.59 Å². The fraction of sp³-hybridized carbons (Fsp3) is 0.471. The topological polar surface area (TPSA) is 104 Å². The largest absolute Gasteiger partial charge is 0.481 e. The fourth-order valence-corrected chi connectivity index (χ4v) is 4.10. The van der Waals surface area contributed by atoms with E-state index in [1.54, 1.807) is 12.1 Å². The number of hydrogen-bond donors (Lipinski definition) is 3. The first-order valence-electron chi connectivity index (χ1n) is 7.80. The molecule has 1 amide bonds. The van der Waals surface area contributed by atoms with E-state index in [-0.39, 0.29) is 29.9 Å². The van der Waals surface area contributed by atoms with Crippen LogP contribution in [0.15, 0.2) is 24.3 Å². The number of rotatable bonds is 5. The molecule has 0 spiro atoms. The highest BCUT2D eigenvalue weighted by molar-refractivity contribution is 5.88. The van der Waals surface area contributed by atoms with Crippen molar-refractivity contribution in [2.24, 2.45) is 23.7 Å². The average Bonchev–Trinajstić information content (AvgIpc) is 3.13. The van der Waals surface area contributed by atoms with Gasteiger partial charge in [-0.15, -0.1) is 0 Å². The number of aromatic carboxylic acids is 1. The van der Waals surface area contributed by atoms with Gasteiger partial charge in [-0.05, 0) is 48.8 Å². The zero-order chi connectivity index (χ0) is 16.6. The zero-order valence-electron chi connectivity index (χ0n) is 12.6. The number of fused-ring (bicyclic) bond motifs is 2. The van der Waals surface area contributed by atoms with E-state index in [0.29, 0.717) is 0 Å². The van der Waals surface area contributed by atoms with Crippen molar-refractivity contribution < 1.29 is 24.6 Å². The first-order chi connectivity index (χ1) is 11.0. The van der Waals surface area contributed by atoms with Crippen LogP contribution >= 0.6 is 0 Å². The Morgan fingerprint density at radius 2 is 1.61 bits per heavy atom. The van der Waals surface area contributed by atoms with E-state index in [1.807, 2.05) is 0 Å². The minimum atomic E-state index is -0.994. The predicted octanol–water partition coefficient (Wildman–Crippen LogP) is 1.75. The summed E-state index contributed by atoms with van der Waals surface area (Å²) in [5.74, 6) is -2.77. The van der Waals surface area contributed by atoms with E-state index in [4.69, 9.17) is 5.11 Å². The third kappa shape index (κ3) is 2.93. The molecule has 0 aromatic heterocycles. The third-order valence-electron chi connectivity index (χ3n) is 5.17. The molecule has 23 heavy (non-hydrogen) atoms. The molecule has 6 heteroatoms. The molecule has 2 aliphatic carbocycles. The molecule has 0 unspecified atom stereocenters. The van der Waals surface area contributed by atoms with Gasteiger partial charge in [0.15, 0.2) is 0 Å². The smallest absolute Gasteiger partial charge is 0.335 e. The van der Waals surface area contributed by atoms with Gasteiger partial charge in [0, 0.05) is 6.54 Å². The van der Waals surface area contributed by atoms with Crippen molar-refractivity contribution in [2.45, 2.75) is 25.8 Å². The zero-order valence-corrected chi connectivity index (χ0v) is 12.6. The predicted molar refractivity (Wildman–Crippen MR) is 80.7 cm³/mol. The Morgan fingerprint density at radius 1 is 1.00 bits per heavy atom. The van der Waals surface area contributed by atoms with Gasteiger partial charge >= 0.3 is 11.9 Å². The number of carboxylic acid groups (broad SMARTS) is 2. The van der Waals surface area contributed by atoms with Gasteiger partial charge in [0.25, 0.3) is 0 Å². The second-order valence-corrected chi connectivity index (χ2v) is 6.44. The lowest BCUT2D eigenvalue weighted by atomic mass is 9.78. The van der Waals surface area contributed by atoms with Gasteiger partial charge in [-0.1, -0.05) is 12.1 Å². The van der Waals surface area contributed by atoms with E-state index in [1.165, 1.54) is 12.1 Å². The van der Waals surface area contributed by atoms with Crippen molar-refractivity contribution in [1.29, 1.82) is 0 Å². The standard InChI is InChI=1S/C17H19NO5/c19-15(13-11-5-6-12(7-11)14(13)17(22)23)18-8-9-1-3-10(4-2-9)16(20)21/h1-4,11-14H,5-8H2,(H,18,19)(H,20,21)(H,22,23)/t11-,12+,13+,14+/m1/s1. The van der Waals surface area contributed by atoms with E-state index >= 15 is 0 Å². The van der Waals surface area contributed by atoms with Crippen LogP contribution in [0, 0.1) is 23.7 Å². The molecule has 3 N–H and O–H groups in total. The minimum Gasteiger partial charge on any atom is -0.481 e. The summed E-state index contributed by atoms with van der Waals surface area (Å²) in [5, 5.41) is 21.1. The molecule has 0 aliphatic heterocycles. The number of carbonyl (C=O) groups is 3. The highest BCUT2D eigenvalue weighted by Gasteiger charge is 2.53. The third-order valence-corrected chi connectivity index (χ3v) is 5.17. The Balaban J connectivity index is 1.63. The number of carbonyl (C=O) groups excluding carboxylic acids is 1. The van der Waals surface area contributed by atoms with Crippen LogP contribution in [-0.4, -0.2) is 28.1 Å². The van der Waals surface area contributed by atoms with Gasteiger partial charge in [-0.2, -0.15) is 0 Å². The lowest BCUT2D eigenvalue weighted by Crippen LogP contribution is -2.41. The second-order valence-electron chi connectivity index (χ2n) is 6.44. The molecule has 0 heterocycles. The molecule has 1 aromatic carbocycles. The van der Waals surface area contributed by atoms with Crippen LogP contribution in [0.1, 0.15) is 35.2 Å². The van der Waals surface area contributed by atoms with Crippen molar-refractivity contribution in [3.05, 3.63) is 35.4 Å². The molecule has 4 atom stereocenters. The average molecular weight is 317 g/mol. The Hall–Kier alpha value is -2.37. The van der Waals surface area contributed by atoms with Gasteiger partial charge < -0.3 is 15.5 Å². The molecule has 2 aliphatic rings. The van der Waals surface area contributed by atoms with Gasteiger partial charge in [0.05, 0.1) is 17.4 Å². The molecule has 0 radical (unpaired) electrons. The van der Waals surface area contributed by atoms with Crippen LogP contribution in [0.3, 0.4) is 0 Å². The Morgan fingerprint density at radius 3 is 2.17 bits per heavy atom. The summed E-state index contributed by atoms with van der Waals surface area (Å²) in [4.78, 5) is 34.7. The number of hydrogen-bond acceptors (Lipinski definition) is 3. The van der Waals surface area contributed by atoms with Crippen molar-refractivity contribution in [2.75, 3.05) is 0 Å². The first-order valence-corrected chi connectivity index (χ1v) is 7.80. The van der Waals surface area contributed by atoms with Gasteiger partial charge in [0.1, 0.15) is 0 Å². The van der Waals surface area contributed by atoms with Crippen LogP contribution < -0.4 is 5.32 Å². The summed E-state index contributed by atoms with van der Waals surface area (Å²) in [6.07, 6.45) is 2.67. The number of benzene rings is 1. The molecule has 0 saturated heterocycles. The van der Waals surface area contributed by atoms with Crippen molar-refractivity contribution in [1.82, 2.24) is 5.32 Å². The van der Waals surface area contributed by atoms with E-state index in [2.05, 4.69) is 5.32 Å². The molecule has 2 bridgehead atoms. The SMILES string of the molecule is O=C(O)c1ccc(CNC(=O)[C@H]2[C@@H]3CC[C@@H](C3)[C@@H]2C(=O)O)cc1. The quantitative estimate of drug-likeness (QED) is 0.767. The summed E-state index contributed by atoms with van der Waals surface area (Å²) in [6.45, 7) is 0.277. The Bertz CT molecular complexity index is 639. The fourth-order valence-electron chi connectivity index (χ4n) is 4.10. The van der Waals surface area contributed by atoms with E-state index < -0.39 is 23.8 Å². The van der Waals surface area contributed by atoms with Crippen molar-refractivity contribution in [3.63, 3.8) is 0 Å². The normalized spacial score (nSPS) is 28.5. The van der Waals surface area contributed by atoms with E-state index in [9.17, 15) is 19.5 Å². The van der Waals surface area contributed by atoms with Crippen LogP contribution in [-0.2, 0) is 16.1 Å². The number of aliphatic carboxylic acids is 1. The maximum Gasteiger partial charge on any atom is 0.335 e. The van der Waals surface area contributed by atoms with Crippen LogP contribution in [0.2, 0.25) is 0 Å². The Kier molecular flexibility index (Phi) is 4.07. The molecular formula is C17H19NO5. The Labute approximate surface area is 133 Å². The van der Waals surface area contributed by atoms with Crippen molar-refractivity contribution >= 4 is 17.8 Å². The highest BCUT2D eigenvalue weighted by Crippen LogP contribution is 2.52. The lowest BCUT2D eigenvalue weighted by molar-refractivity contribution is -0.149. The molecule has 1 aromatic rings. The maximum absolute atomic E-state index is 12.4. The second kappa shape index (κ2) is 6.02. The molecule has 2 saturated carbocycles. The minimum absolute atomic E-state index is 0.128. The highest BCUT2D eigenvalue weighted by atomic mass is 16.4. The maximum atomic E-state index is 12.4. The summed E-state index contributed by atoms with van der Waals surface area (Å²) in [6, 6.07) is 6.28. The first kappa shape index (κ1) is 15.5. The van der Waals surface area contributed by atoms with Gasteiger partial charge in [0.2, 0.25) is 5.91 Å². The van der Waals surface area contributed by atoms with Crippen molar-refractivity contribution in [3.8, 4) is 0 Å². The van der Waals surface area contributed by atoms with Gasteiger partial charge in [-0.25, -0.2) is 4.79 Å². The van der Waals surface area contributed by atoms with Crippen LogP contribution in [0.4, 0.5) is 0 Å². The molecule has 2 fully saturated rings. The lowest BCUT2D eigenvalue weighted by Gasteiger charge is -2.27. The summed E-state index contributed by atoms with van der Waals surface area (Å²) < 4.78 is 0. The number of amides is 1. The van der Waals surface area contributed by atoms with E-state index in [0.717, 1.165) is 24.8 Å². The summed E-state index contributed by atoms with van der Waals surface area (Å²) in [7, 11) is 0. The summed E-state index contributed by atoms with van der Waals surface area (Å²) in [5.41, 5.74) is 0.984. The van der Waals surface area contributed by atoms with Crippen LogP contribution in [0.5, 0.6) is 0 Å². The number of carboxylic acids is 2. The number of nitrogens with one attached hydrogen (secondary N) is 1. The summed E-state index contributed by atoms with van der Waals surface area (Å²) >= 11 is 0. The molecular weight excluding hydrogens is 298 g/mol. The van der Waals surface area contributed by atoms with Crippen LogP contribution in [0.25, 0.3) is 0 Å². The molecule has 122 valence electrons. The molecule has 3 rings (SSSR count). The monoisotopic (exact) mass is 317 g/mol. The molecule has 6 nitrogen and oxygen atoms in total.